The first kappa shape index (κ1) is 38.5. The summed E-state index contributed by atoms with van der Waals surface area (Å²) in [7, 11) is 0. The van der Waals surface area contributed by atoms with Gasteiger partial charge in [0, 0.05) is 28.2 Å². The minimum absolute atomic E-state index is 0.0382. The molecule has 0 fully saturated rings. The van der Waals surface area contributed by atoms with E-state index in [-0.39, 0.29) is 5.41 Å². The molecule has 264 valence electrons. The molecule has 0 aromatic heterocycles. The number of fused-ring (bicyclic) bond motifs is 3. The van der Waals surface area contributed by atoms with Crippen LogP contribution in [0.2, 0.25) is 5.02 Å². The van der Waals surface area contributed by atoms with Gasteiger partial charge in [-0.15, -0.1) is 0 Å². The van der Waals surface area contributed by atoms with Gasteiger partial charge in [-0.1, -0.05) is 171 Å². The molecule has 4 heteroatoms. The van der Waals surface area contributed by atoms with Crippen LogP contribution >= 0.6 is 11.6 Å². The van der Waals surface area contributed by atoms with Gasteiger partial charge in [0.25, 0.3) is 0 Å². The van der Waals surface area contributed by atoms with Gasteiger partial charge in [0.1, 0.15) is 11.4 Å². The maximum Gasteiger partial charge on any atom is 0.141 e. The third-order valence-corrected chi connectivity index (χ3v) is 11.1. The van der Waals surface area contributed by atoms with E-state index in [9.17, 15) is 5.11 Å². The lowest BCUT2D eigenvalue weighted by molar-refractivity contribution is 0.00668. The van der Waals surface area contributed by atoms with E-state index in [0.717, 1.165) is 59.4 Å². The normalized spacial score (nSPS) is 15.4. The predicted octanol–water partition coefficient (Wildman–Crippen LogP) is 13.1. The van der Waals surface area contributed by atoms with E-state index >= 15 is 0 Å². The Hall–Kier alpha value is -2.33. The van der Waals surface area contributed by atoms with E-state index in [1.807, 2.05) is 54.6 Å². The second-order valence-corrected chi connectivity index (χ2v) is 14.8. The molecule has 1 aliphatic rings. The molecule has 48 heavy (non-hydrogen) atoms. The fraction of sp³-hybridized carbons (Fsp3) is 0.591. The number of ether oxygens (including phenoxy) is 2. The fourth-order valence-corrected chi connectivity index (χ4v) is 7.43. The summed E-state index contributed by atoms with van der Waals surface area (Å²) in [6.07, 6.45) is 24.1. The molecule has 3 aromatic rings. The number of unbranched alkanes of at least 4 members (excludes halogenated alkanes) is 15. The fourth-order valence-electron chi connectivity index (χ4n) is 7.31. The van der Waals surface area contributed by atoms with E-state index in [2.05, 4.69) is 32.9 Å². The molecule has 1 unspecified atom stereocenters. The summed E-state index contributed by atoms with van der Waals surface area (Å²) in [6.45, 7) is 8.89. The summed E-state index contributed by atoms with van der Waals surface area (Å²) in [4.78, 5) is 0. The van der Waals surface area contributed by atoms with Crippen molar-refractivity contribution in [2.45, 2.75) is 142 Å². The second-order valence-electron chi connectivity index (χ2n) is 14.3. The molecule has 0 amide bonds. The topological polar surface area (TPSA) is 38.7 Å². The van der Waals surface area contributed by atoms with Crippen LogP contribution in [0.5, 0.6) is 5.75 Å². The predicted molar refractivity (Wildman–Crippen MR) is 204 cm³/mol. The summed E-state index contributed by atoms with van der Waals surface area (Å²) in [5.74, 6) is 0.776. The third kappa shape index (κ3) is 10.6. The van der Waals surface area contributed by atoms with E-state index in [4.69, 9.17) is 21.1 Å². The highest BCUT2D eigenvalue weighted by atomic mass is 35.5. The van der Waals surface area contributed by atoms with Crippen LogP contribution in [-0.4, -0.2) is 24.9 Å². The minimum atomic E-state index is -1.27. The summed E-state index contributed by atoms with van der Waals surface area (Å²) in [5.41, 5.74) is 3.32. The standard InChI is InChI=1S/C44H63ClO3/c1-4-7-8-9-10-11-12-13-14-15-16-17-18-19-20-23-32-47-34-43(5-2,6-3)35-48-38-30-31-40-39-24-21-22-25-41(39)44(46,42(40)33-38)36-26-28-37(45)29-27-36/h21-22,24-31,33,46H,4-20,23,32,34-35H2,1-3H3. The Balaban J connectivity index is 1.16. The first-order valence-electron chi connectivity index (χ1n) is 19.4. The van der Waals surface area contributed by atoms with E-state index in [0.29, 0.717) is 18.2 Å². The van der Waals surface area contributed by atoms with Gasteiger partial charge in [0.2, 0.25) is 0 Å². The van der Waals surface area contributed by atoms with Gasteiger partial charge < -0.3 is 14.6 Å². The maximum absolute atomic E-state index is 12.3. The zero-order valence-corrected chi connectivity index (χ0v) is 31.1. The lowest BCUT2D eigenvalue weighted by Gasteiger charge is -2.31. The molecule has 1 atom stereocenters. The minimum Gasteiger partial charge on any atom is -0.493 e. The van der Waals surface area contributed by atoms with Gasteiger partial charge in [0.15, 0.2) is 0 Å². The molecule has 0 heterocycles. The number of halogens is 1. The van der Waals surface area contributed by atoms with Crippen molar-refractivity contribution in [2.24, 2.45) is 5.41 Å². The van der Waals surface area contributed by atoms with Gasteiger partial charge in [-0.25, -0.2) is 0 Å². The lowest BCUT2D eigenvalue weighted by atomic mass is 9.84. The Morgan fingerprint density at radius 2 is 1.15 bits per heavy atom. The average Bonchev–Trinajstić information content (AvgIpc) is 3.37. The molecule has 3 nitrogen and oxygen atoms in total. The molecular weight excluding hydrogens is 612 g/mol. The second kappa shape index (κ2) is 20.4. The summed E-state index contributed by atoms with van der Waals surface area (Å²) in [6, 6.07) is 21.8. The SMILES string of the molecule is CCCCCCCCCCCCCCCCCCOCC(CC)(CC)COc1ccc2c(c1)C(O)(c1ccc(Cl)cc1)c1ccccc1-2. The quantitative estimate of drug-likeness (QED) is 0.0909. The summed E-state index contributed by atoms with van der Waals surface area (Å²) < 4.78 is 12.8. The van der Waals surface area contributed by atoms with Crippen molar-refractivity contribution in [2.75, 3.05) is 19.8 Å². The van der Waals surface area contributed by atoms with E-state index in [1.54, 1.807) is 0 Å². The van der Waals surface area contributed by atoms with Crippen LogP contribution in [0.15, 0.2) is 66.7 Å². The number of benzene rings is 3. The lowest BCUT2D eigenvalue weighted by Crippen LogP contribution is -2.33. The van der Waals surface area contributed by atoms with Crippen LogP contribution in [0.3, 0.4) is 0 Å². The van der Waals surface area contributed by atoms with Crippen molar-refractivity contribution >= 4 is 11.6 Å². The van der Waals surface area contributed by atoms with Crippen LogP contribution in [0.25, 0.3) is 11.1 Å². The van der Waals surface area contributed by atoms with Gasteiger partial charge in [-0.3, -0.25) is 0 Å². The van der Waals surface area contributed by atoms with Crippen molar-refractivity contribution in [1.82, 2.24) is 0 Å². The highest BCUT2D eigenvalue weighted by molar-refractivity contribution is 6.30. The molecule has 1 N–H and O–H groups in total. The molecule has 4 rings (SSSR count). The Bertz CT molecular complexity index is 1330. The van der Waals surface area contributed by atoms with Crippen LogP contribution < -0.4 is 4.74 Å². The first-order valence-corrected chi connectivity index (χ1v) is 19.8. The highest BCUT2D eigenvalue weighted by Crippen LogP contribution is 2.52. The highest BCUT2D eigenvalue weighted by Gasteiger charge is 2.43. The van der Waals surface area contributed by atoms with Gasteiger partial charge in [-0.2, -0.15) is 0 Å². The Morgan fingerprint density at radius 1 is 0.604 bits per heavy atom. The van der Waals surface area contributed by atoms with Crippen molar-refractivity contribution in [3.8, 4) is 16.9 Å². The number of hydrogen-bond donors (Lipinski definition) is 1. The average molecular weight is 675 g/mol. The van der Waals surface area contributed by atoms with Gasteiger partial charge >= 0.3 is 0 Å². The van der Waals surface area contributed by atoms with E-state index in [1.165, 1.54) is 96.3 Å². The summed E-state index contributed by atoms with van der Waals surface area (Å²) >= 11 is 6.20. The summed E-state index contributed by atoms with van der Waals surface area (Å²) in [5, 5.41) is 13.0. The van der Waals surface area contributed by atoms with Crippen LogP contribution in [0, 0.1) is 5.41 Å². The smallest absolute Gasteiger partial charge is 0.141 e. The number of aliphatic hydroxyl groups is 1. The van der Waals surface area contributed by atoms with Crippen LogP contribution in [-0.2, 0) is 10.3 Å². The largest absolute Gasteiger partial charge is 0.493 e. The monoisotopic (exact) mass is 674 g/mol. The Morgan fingerprint density at radius 3 is 1.73 bits per heavy atom. The first-order chi connectivity index (χ1) is 23.5. The van der Waals surface area contributed by atoms with Crippen molar-refractivity contribution in [3.05, 3.63) is 88.4 Å². The van der Waals surface area contributed by atoms with Crippen LogP contribution in [0.4, 0.5) is 0 Å². The Kier molecular flexibility index (Phi) is 16.3. The molecular formula is C44H63ClO3. The maximum atomic E-state index is 12.3. The molecule has 3 aromatic carbocycles. The molecule has 0 spiro atoms. The van der Waals surface area contributed by atoms with E-state index < -0.39 is 5.60 Å². The van der Waals surface area contributed by atoms with Crippen molar-refractivity contribution in [1.29, 1.82) is 0 Å². The molecule has 0 saturated carbocycles. The molecule has 0 bridgehead atoms. The van der Waals surface area contributed by atoms with Crippen molar-refractivity contribution < 1.29 is 14.6 Å². The zero-order valence-electron chi connectivity index (χ0n) is 30.3. The van der Waals surface area contributed by atoms with Gasteiger partial charge in [-0.05, 0) is 60.2 Å². The Labute approximate surface area is 297 Å². The number of hydrogen-bond acceptors (Lipinski definition) is 3. The molecule has 0 aliphatic heterocycles. The van der Waals surface area contributed by atoms with Crippen LogP contribution in [0.1, 0.15) is 153 Å². The molecule has 1 aliphatic carbocycles. The molecule has 0 saturated heterocycles. The van der Waals surface area contributed by atoms with Gasteiger partial charge in [0.05, 0.1) is 13.2 Å². The zero-order chi connectivity index (χ0) is 34.1. The van der Waals surface area contributed by atoms with Crippen molar-refractivity contribution in [3.63, 3.8) is 0 Å². The number of rotatable bonds is 25. The molecule has 0 radical (unpaired) electrons. The third-order valence-electron chi connectivity index (χ3n) is 10.8.